The highest BCUT2D eigenvalue weighted by molar-refractivity contribution is 5.38. The summed E-state index contributed by atoms with van der Waals surface area (Å²) in [6, 6.07) is 8.98. The van der Waals surface area contributed by atoms with E-state index in [0.29, 0.717) is 12.0 Å². The van der Waals surface area contributed by atoms with Gasteiger partial charge in [-0.05, 0) is 79.2 Å². The van der Waals surface area contributed by atoms with Gasteiger partial charge in [-0.1, -0.05) is 18.2 Å². The van der Waals surface area contributed by atoms with Crippen LogP contribution in [0.1, 0.15) is 43.6 Å². The lowest BCUT2D eigenvalue weighted by Crippen LogP contribution is -2.30. The van der Waals surface area contributed by atoms with Gasteiger partial charge in [-0.15, -0.1) is 0 Å². The van der Waals surface area contributed by atoms with E-state index in [1.54, 1.807) is 0 Å². The third-order valence-corrected chi connectivity index (χ3v) is 6.93. The first-order chi connectivity index (χ1) is 10.3. The van der Waals surface area contributed by atoms with Crippen molar-refractivity contribution < 1.29 is 4.74 Å². The van der Waals surface area contributed by atoms with E-state index in [1.165, 1.54) is 24.8 Å². The van der Waals surface area contributed by atoms with Crippen molar-refractivity contribution in [3.05, 3.63) is 29.8 Å². The Morgan fingerprint density at radius 1 is 1.10 bits per heavy atom. The van der Waals surface area contributed by atoms with Crippen LogP contribution < -0.4 is 10.5 Å². The van der Waals surface area contributed by atoms with Gasteiger partial charge in [-0.3, -0.25) is 0 Å². The highest BCUT2D eigenvalue weighted by Gasteiger charge is 2.66. The van der Waals surface area contributed by atoms with Gasteiger partial charge in [0, 0.05) is 6.04 Å². The lowest BCUT2D eigenvalue weighted by molar-refractivity contribution is 0.253. The van der Waals surface area contributed by atoms with Crippen molar-refractivity contribution in [3.8, 4) is 5.75 Å². The highest BCUT2D eigenvalue weighted by Crippen LogP contribution is 2.70. The molecule has 2 heteroatoms. The first-order valence-electron chi connectivity index (χ1n) is 8.80. The number of fused-ring (bicyclic) bond motifs is 6. The van der Waals surface area contributed by atoms with Gasteiger partial charge in [-0.25, -0.2) is 0 Å². The van der Waals surface area contributed by atoms with Gasteiger partial charge in [0.2, 0.25) is 0 Å². The largest absolute Gasteiger partial charge is 0.493 e. The number of ether oxygens (including phenoxy) is 1. The number of nitrogens with two attached hydrogens (primary N) is 1. The van der Waals surface area contributed by atoms with Crippen LogP contribution in [0.3, 0.4) is 0 Å². The summed E-state index contributed by atoms with van der Waals surface area (Å²) in [5.74, 6) is 6.66. The number of para-hydroxylation sites is 1. The van der Waals surface area contributed by atoms with Crippen molar-refractivity contribution in [2.24, 2.45) is 35.3 Å². The smallest absolute Gasteiger partial charge is 0.122 e. The zero-order valence-electron chi connectivity index (χ0n) is 12.6. The first-order valence-corrected chi connectivity index (χ1v) is 8.80. The number of rotatable bonds is 3. The average Bonchev–Trinajstić information content (AvgIpc) is 2.96. The molecule has 0 spiro atoms. The fraction of sp³-hybridized carbons (Fsp3) is 0.684. The molecule has 0 saturated heterocycles. The molecule has 1 aromatic rings. The zero-order chi connectivity index (χ0) is 14.0. The summed E-state index contributed by atoms with van der Waals surface area (Å²) in [5, 5.41) is 0. The standard InChI is InChI=1S/C19H25NO/c20-15(19-17-12-5-6-13(9-12)18(17)19)10-11-7-8-21-16-4-2-1-3-14(11)16/h1-4,11-13,15,17-19H,5-10,20H2. The molecule has 4 aliphatic rings. The summed E-state index contributed by atoms with van der Waals surface area (Å²) in [6.07, 6.45) is 6.82. The summed E-state index contributed by atoms with van der Waals surface area (Å²) in [7, 11) is 0. The van der Waals surface area contributed by atoms with E-state index in [9.17, 15) is 0 Å². The predicted octanol–water partition coefficient (Wildman–Crippen LogP) is 3.56. The quantitative estimate of drug-likeness (QED) is 0.920. The van der Waals surface area contributed by atoms with Crippen LogP contribution in [-0.4, -0.2) is 12.6 Å². The van der Waals surface area contributed by atoms with Gasteiger partial charge < -0.3 is 10.5 Å². The predicted molar refractivity (Wildman–Crippen MR) is 83.2 cm³/mol. The lowest BCUT2D eigenvalue weighted by atomic mass is 9.84. The molecule has 21 heavy (non-hydrogen) atoms. The normalized spacial score (nSPS) is 43.9. The van der Waals surface area contributed by atoms with Gasteiger partial charge in [0.05, 0.1) is 6.61 Å². The Morgan fingerprint density at radius 3 is 2.67 bits per heavy atom. The van der Waals surface area contributed by atoms with Crippen LogP contribution in [0.25, 0.3) is 0 Å². The SMILES string of the molecule is NC(CC1CCOc2ccccc21)C1C2C3CCC(C3)C12. The maximum absolute atomic E-state index is 6.67. The van der Waals surface area contributed by atoms with E-state index < -0.39 is 0 Å². The monoisotopic (exact) mass is 283 g/mol. The van der Waals surface area contributed by atoms with E-state index >= 15 is 0 Å². The molecule has 0 aromatic heterocycles. The Labute approximate surface area is 127 Å². The summed E-state index contributed by atoms with van der Waals surface area (Å²) >= 11 is 0. The summed E-state index contributed by atoms with van der Waals surface area (Å²) in [6.45, 7) is 0.858. The molecule has 1 aliphatic heterocycles. The number of hydrogen-bond donors (Lipinski definition) is 1. The lowest BCUT2D eigenvalue weighted by Gasteiger charge is -2.28. The molecule has 5 rings (SSSR count). The minimum Gasteiger partial charge on any atom is -0.493 e. The summed E-state index contributed by atoms with van der Waals surface area (Å²) in [4.78, 5) is 0. The molecule has 6 atom stereocenters. The van der Waals surface area contributed by atoms with Crippen molar-refractivity contribution >= 4 is 0 Å². The molecule has 2 bridgehead atoms. The molecule has 3 aliphatic carbocycles. The Hall–Kier alpha value is -1.02. The van der Waals surface area contributed by atoms with E-state index in [0.717, 1.165) is 54.8 Å². The molecular formula is C19H25NO. The number of hydrogen-bond acceptors (Lipinski definition) is 2. The topological polar surface area (TPSA) is 35.2 Å². The molecular weight excluding hydrogens is 258 g/mol. The van der Waals surface area contributed by atoms with E-state index in [4.69, 9.17) is 10.5 Å². The molecule has 0 radical (unpaired) electrons. The second-order valence-electron chi connectivity index (χ2n) is 7.84. The Morgan fingerprint density at radius 2 is 1.86 bits per heavy atom. The maximum Gasteiger partial charge on any atom is 0.122 e. The van der Waals surface area contributed by atoms with Crippen molar-refractivity contribution in [1.82, 2.24) is 0 Å². The van der Waals surface area contributed by atoms with Crippen molar-refractivity contribution in [1.29, 1.82) is 0 Å². The number of benzene rings is 1. The van der Waals surface area contributed by atoms with E-state index in [-0.39, 0.29) is 0 Å². The van der Waals surface area contributed by atoms with Gasteiger partial charge in [-0.2, -0.15) is 0 Å². The molecule has 1 heterocycles. The Bertz CT molecular complexity index is 540. The molecule has 112 valence electrons. The minimum atomic E-state index is 0.416. The van der Waals surface area contributed by atoms with E-state index in [1.807, 2.05) is 0 Å². The molecule has 1 aromatic carbocycles. The molecule has 3 fully saturated rings. The third kappa shape index (κ3) is 1.81. The van der Waals surface area contributed by atoms with Gasteiger partial charge in [0.1, 0.15) is 5.75 Å². The summed E-state index contributed by atoms with van der Waals surface area (Å²) in [5.41, 5.74) is 8.06. The second kappa shape index (κ2) is 4.49. The van der Waals surface area contributed by atoms with Gasteiger partial charge in [0.25, 0.3) is 0 Å². The van der Waals surface area contributed by atoms with Crippen molar-refractivity contribution in [2.45, 2.75) is 44.1 Å². The molecule has 6 unspecified atom stereocenters. The molecule has 0 amide bonds. The van der Waals surface area contributed by atoms with Gasteiger partial charge >= 0.3 is 0 Å². The van der Waals surface area contributed by atoms with Crippen molar-refractivity contribution in [3.63, 3.8) is 0 Å². The molecule has 3 saturated carbocycles. The highest BCUT2D eigenvalue weighted by atomic mass is 16.5. The van der Waals surface area contributed by atoms with Crippen LogP contribution in [0.5, 0.6) is 5.75 Å². The van der Waals surface area contributed by atoms with Crippen LogP contribution in [-0.2, 0) is 0 Å². The fourth-order valence-corrected chi connectivity index (χ4v) is 6.11. The maximum atomic E-state index is 6.67. The van der Waals surface area contributed by atoms with E-state index in [2.05, 4.69) is 24.3 Å². The third-order valence-electron chi connectivity index (χ3n) is 6.93. The van der Waals surface area contributed by atoms with Crippen molar-refractivity contribution in [2.75, 3.05) is 6.61 Å². The molecule has 2 nitrogen and oxygen atoms in total. The van der Waals surface area contributed by atoms with Crippen LogP contribution >= 0.6 is 0 Å². The second-order valence-corrected chi connectivity index (χ2v) is 7.84. The first kappa shape index (κ1) is 12.5. The minimum absolute atomic E-state index is 0.416. The van der Waals surface area contributed by atoms with Crippen LogP contribution in [0.4, 0.5) is 0 Å². The Balaban J connectivity index is 1.31. The van der Waals surface area contributed by atoms with Gasteiger partial charge in [0.15, 0.2) is 0 Å². The summed E-state index contributed by atoms with van der Waals surface area (Å²) < 4.78 is 5.79. The fourth-order valence-electron chi connectivity index (χ4n) is 6.11. The van der Waals surface area contributed by atoms with Crippen LogP contribution in [0, 0.1) is 29.6 Å². The Kier molecular flexibility index (Phi) is 2.67. The van der Waals surface area contributed by atoms with Crippen LogP contribution in [0.15, 0.2) is 24.3 Å². The molecule has 2 N–H and O–H groups in total. The zero-order valence-corrected chi connectivity index (χ0v) is 12.6. The average molecular weight is 283 g/mol. The van der Waals surface area contributed by atoms with Crippen LogP contribution in [0.2, 0.25) is 0 Å².